The molecule has 0 amide bonds. The van der Waals surface area contributed by atoms with Crippen LogP contribution in [-0.2, 0) is 26.5 Å². The van der Waals surface area contributed by atoms with Gasteiger partial charge in [-0.05, 0) is 59.6 Å². The summed E-state index contributed by atoms with van der Waals surface area (Å²) in [7, 11) is 0. The smallest absolute Gasteiger partial charge is 0.216 e. The number of hydrogen-bond acceptors (Lipinski definition) is 4. The van der Waals surface area contributed by atoms with Crippen molar-refractivity contribution in [3.63, 3.8) is 0 Å². The van der Waals surface area contributed by atoms with Crippen LogP contribution in [-0.4, -0.2) is 15.0 Å². The molecule has 47 heavy (non-hydrogen) atoms. The number of aromatic nitrogens is 3. The Kier molecular flexibility index (Phi) is 9.77. The van der Waals surface area contributed by atoms with Gasteiger partial charge in [0.1, 0.15) is 0 Å². The van der Waals surface area contributed by atoms with Crippen molar-refractivity contribution in [1.82, 2.24) is 15.0 Å². The second kappa shape index (κ2) is 14.5. The van der Waals surface area contributed by atoms with Crippen LogP contribution in [0.25, 0.3) is 55.7 Å². The molecule has 8 aromatic rings. The fraction of sp³-hybridized carbons (Fsp3) is 0.0714. The van der Waals surface area contributed by atoms with E-state index in [1.54, 1.807) is 0 Å². The standard InChI is InChI=1S/C30H21N2O.C12H10N.Ir/c1-20-17-28(31-19-27(20)22-11-6-3-7-12-22)26-14-8-13-24-25-16-15-23(32-30(25)33-29(24)26)18-21-9-4-2-5-10-21;1-10-7-8-12(13-9-10)11-5-3-2-4-6-11;/h2-13,15-17,19H,18H2,1H3;2-5,7-9H,1H3;/q2*-1;. The molecule has 0 spiro atoms. The Morgan fingerprint density at radius 3 is 2.15 bits per heavy atom. The molecule has 4 heterocycles. The maximum absolute atomic E-state index is 6.29. The van der Waals surface area contributed by atoms with Crippen molar-refractivity contribution in [1.29, 1.82) is 0 Å². The number of furan rings is 1. The Morgan fingerprint density at radius 2 is 1.43 bits per heavy atom. The summed E-state index contributed by atoms with van der Waals surface area (Å²) in [6, 6.07) is 49.4. The minimum Gasteiger partial charge on any atom is -0.486 e. The number of benzene rings is 4. The van der Waals surface area contributed by atoms with Crippen LogP contribution < -0.4 is 0 Å². The van der Waals surface area contributed by atoms with Crippen LogP contribution in [0.1, 0.15) is 22.4 Å². The fourth-order valence-corrected chi connectivity index (χ4v) is 5.55. The third kappa shape index (κ3) is 7.12. The van der Waals surface area contributed by atoms with Gasteiger partial charge in [0, 0.05) is 55.6 Å². The van der Waals surface area contributed by atoms with Gasteiger partial charge >= 0.3 is 0 Å². The minimum atomic E-state index is 0. The minimum absolute atomic E-state index is 0. The van der Waals surface area contributed by atoms with Gasteiger partial charge in [0.2, 0.25) is 5.71 Å². The van der Waals surface area contributed by atoms with Crippen LogP contribution in [0.15, 0.2) is 144 Å². The molecule has 231 valence electrons. The van der Waals surface area contributed by atoms with Gasteiger partial charge in [0.25, 0.3) is 0 Å². The zero-order chi connectivity index (χ0) is 31.3. The molecule has 0 unspecified atom stereocenters. The van der Waals surface area contributed by atoms with Crippen LogP contribution in [0, 0.1) is 26.0 Å². The molecule has 4 aromatic carbocycles. The van der Waals surface area contributed by atoms with Crippen LogP contribution in [0.3, 0.4) is 0 Å². The third-order valence-electron chi connectivity index (χ3n) is 7.93. The van der Waals surface area contributed by atoms with Gasteiger partial charge in [0.15, 0.2) is 0 Å². The predicted molar refractivity (Wildman–Crippen MR) is 186 cm³/mol. The number of rotatable bonds is 5. The Labute approximate surface area is 288 Å². The Morgan fingerprint density at radius 1 is 0.660 bits per heavy atom. The first kappa shape index (κ1) is 31.7. The molecule has 8 rings (SSSR count). The number of aryl methyl sites for hydroxylation is 2. The second-order valence-electron chi connectivity index (χ2n) is 11.3. The van der Waals surface area contributed by atoms with E-state index >= 15 is 0 Å². The summed E-state index contributed by atoms with van der Waals surface area (Å²) in [5.74, 6) is 0. The van der Waals surface area contributed by atoms with Crippen LogP contribution >= 0.6 is 0 Å². The first-order chi connectivity index (χ1) is 22.6. The van der Waals surface area contributed by atoms with E-state index in [-0.39, 0.29) is 20.1 Å². The van der Waals surface area contributed by atoms with Gasteiger partial charge in [-0.15, -0.1) is 54.1 Å². The SMILES string of the molecule is Cc1cc(-c2[c-]ccc3c2oc2nc(Cc4ccccc4)ccc23)ncc1-c1ccccc1.Cc1ccc(-c2[c-]cccc2)nc1.[Ir]. The van der Waals surface area contributed by atoms with Crippen molar-refractivity contribution in [3.8, 4) is 33.6 Å². The maximum atomic E-state index is 6.29. The first-order valence-corrected chi connectivity index (χ1v) is 15.3. The number of pyridine rings is 3. The quantitative estimate of drug-likeness (QED) is 0.163. The van der Waals surface area contributed by atoms with E-state index in [0.717, 1.165) is 67.7 Å². The molecule has 0 atom stereocenters. The summed E-state index contributed by atoms with van der Waals surface area (Å²) in [6.07, 6.45) is 4.58. The topological polar surface area (TPSA) is 51.8 Å². The van der Waals surface area contributed by atoms with Gasteiger partial charge in [-0.2, -0.15) is 0 Å². The van der Waals surface area contributed by atoms with Crippen LogP contribution in [0.5, 0.6) is 0 Å². The summed E-state index contributed by atoms with van der Waals surface area (Å²) in [5, 5.41) is 2.04. The Hall–Kier alpha value is -5.22. The average molecular weight is 786 g/mol. The zero-order valence-corrected chi connectivity index (χ0v) is 28.5. The fourth-order valence-electron chi connectivity index (χ4n) is 5.55. The van der Waals surface area contributed by atoms with Gasteiger partial charge in [-0.1, -0.05) is 89.8 Å². The van der Waals surface area contributed by atoms with Gasteiger partial charge < -0.3 is 14.4 Å². The average Bonchev–Trinajstić information content (AvgIpc) is 3.48. The molecule has 0 saturated carbocycles. The van der Waals surface area contributed by atoms with Crippen LogP contribution in [0.2, 0.25) is 0 Å². The first-order valence-electron chi connectivity index (χ1n) is 15.3. The number of nitrogens with zero attached hydrogens (tertiary/aromatic N) is 3. The number of fused-ring (bicyclic) bond motifs is 3. The molecule has 0 aliphatic carbocycles. The molecule has 0 aliphatic rings. The van der Waals surface area contributed by atoms with E-state index in [0.29, 0.717) is 5.71 Å². The largest absolute Gasteiger partial charge is 0.486 e. The molecule has 1 radical (unpaired) electrons. The summed E-state index contributed by atoms with van der Waals surface area (Å²) in [5.41, 5.74) is 12.0. The van der Waals surface area contributed by atoms with Crippen molar-refractivity contribution < 1.29 is 24.5 Å². The molecule has 4 nitrogen and oxygen atoms in total. The molecule has 0 fully saturated rings. The Balaban J connectivity index is 0.000000232. The Bertz CT molecular complexity index is 2230. The third-order valence-corrected chi connectivity index (χ3v) is 7.93. The van der Waals surface area contributed by atoms with Crippen molar-refractivity contribution in [2.75, 3.05) is 0 Å². The van der Waals surface area contributed by atoms with E-state index in [1.807, 2.05) is 86.0 Å². The normalized spacial score (nSPS) is 10.7. The molecule has 0 saturated heterocycles. The summed E-state index contributed by atoms with van der Waals surface area (Å²) < 4.78 is 6.29. The van der Waals surface area contributed by atoms with E-state index in [1.165, 1.54) is 11.1 Å². The van der Waals surface area contributed by atoms with E-state index < -0.39 is 0 Å². The summed E-state index contributed by atoms with van der Waals surface area (Å²) in [4.78, 5) is 13.9. The molecular formula is C42H31IrN3O-2. The van der Waals surface area contributed by atoms with Gasteiger partial charge in [0.05, 0.1) is 5.58 Å². The molecule has 5 heteroatoms. The van der Waals surface area contributed by atoms with E-state index in [4.69, 9.17) is 14.4 Å². The maximum Gasteiger partial charge on any atom is 0.216 e. The predicted octanol–water partition coefficient (Wildman–Crippen LogP) is 10.3. The van der Waals surface area contributed by atoms with Crippen LogP contribution in [0.4, 0.5) is 0 Å². The van der Waals surface area contributed by atoms with Gasteiger partial charge in [-0.25, -0.2) is 4.98 Å². The second-order valence-corrected chi connectivity index (χ2v) is 11.3. The molecule has 4 aromatic heterocycles. The van der Waals surface area contributed by atoms with Crippen molar-refractivity contribution in [3.05, 3.63) is 174 Å². The van der Waals surface area contributed by atoms with Gasteiger partial charge in [-0.3, -0.25) is 0 Å². The van der Waals surface area contributed by atoms with Crippen molar-refractivity contribution >= 4 is 22.1 Å². The summed E-state index contributed by atoms with van der Waals surface area (Å²) >= 11 is 0. The number of hydrogen-bond donors (Lipinski definition) is 0. The summed E-state index contributed by atoms with van der Waals surface area (Å²) in [6.45, 7) is 4.15. The van der Waals surface area contributed by atoms with Crippen molar-refractivity contribution in [2.45, 2.75) is 20.3 Å². The van der Waals surface area contributed by atoms with Crippen molar-refractivity contribution in [2.24, 2.45) is 0 Å². The molecule has 0 N–H and O–H groups in total. The zero-order valence-electron chi connectivity index (χ0n) is 26.1. The molecule has 0 bridgehead atoms. The monoisotopic (exact) mass is 786 g/mol. The van der Waals surface area contributed by atoms with E-state index in [9.17, 15) is 0 Å². The van der Waals surface area contributed by atoms with E-state index in [2.05, 4.69) is 84.7 Å². The molecule has 0 aliphatic heterocycles. The molecular weight excluding hydrogens is 755 g/mol.